The lowest BCUT2D eigenvalue weighted by Crippen LogP contribution is -2.04. The summed E-state index contributed by atoms with van der Waals surface area (Å²) in [5.41, 5.74) is 1.13. The van der Waals surface area contributed by atoms with Crippen molar-refractivity contribution in [1.29, 1.82) is 0 Å². The Morgan fingerprint density at radius 3 is 2.68 bits per heavy atom. The molecule has 5 nitrogen and oxygen atoms in total. The number of hydrogen-bond donors (Lipinski definition) is 0. The summed E-state index contributed by atoms with van der Waals surface area (Å²) in [5, 5.41) is 0.476. The first-order valence-corrected chi connectivity index (χ1v) is 5.82. The summed E-state index contributed by atoms with van der Waals surface area (Å²) in [5.74, 6) is 0.189. The molecule has 1 aromatic carbocycles. The number of carbonyl (C=O) groups excluding carboxylic acids is 1. The summed E-state index contributed by atoms with van der Waals surface area (Å²) in [6.45, 7) is 1.93. The van der Waals surface area contributed by atoms with Gasteiger partial charge in [-0.25, -0.2) is 14.8 Å². The fraction of sp³-hybridized carbons (Fsp3) is 0.154. The van der Waals surface area contributed by atoms with Crippen molar-refractivity contribution >= 4 is 17.6 Å². The second-order valence-electron chi connectivity index (χ2n) is 3.77. The van der Waals surface area contributed by atoms with Crippen LogP contribution in [0, 0.1) is 6.92 Å². The fourth-order valence-corrected chi connectivity index (χ4v) is 1.54. The zero-order valence-electron chi connectivity index (χ0n) is 10.4. The minimum Gasteiger partial charge on any atom is -0.464 e. The fourth-order valence-electron chi connectivity index (χ4n) is 1.38. The largest absolute Gasteiger partial charge is 0.464 e. The van der Waals surface area contributed by atoms with E-state index in [9.17, 15) is 4.79 Å². The summed E-state index contributed by atoms with van der Waals surface area (Å²) >= 11 is 6.00. The van der Waals surface area contributed by atoms with Crippen molar-refractivity contribution in [2.75, 3.05) is 7.11 Å². The van der Waals surface area contributed by atoms with Gasteiger partial charge >= 0.3 is 5.97 Å². The van der Waals surface area contributed by atoms with Crippen molar-refractivity contribution in [3.63, 3.8) is 0 Å². The van der Waals surface area contributed by atoms with Gasteiger partial charge in [-0.15, -0.1) is 0 Å². The van der Waals surface area contributed by atoms with E-state index in [0.717, 1.165) is 5.56 Å². The van der Waals surface area contributed by atoms with Gasteiger partial charge in [0.15, 0.2) is 5.69 Å². The third-order valence-corrected chi connectivity index (χ3v) is 2.64. The summed E-state index contributed by atoms with van der Waals surface area (Å²) in [6.07, 6.45) is 2.62. The van der Waals surface area contributed by atoms with E-state index in [4.69, 9.17) is 16.3 Å². The zero-order valence-corrected chi connectivity index (χ0v) is 11.1. The molecule has 6 heteroatoms. The third-order valence-electron chi connectivity index (χ3n) is 2.32. The topological polar surface area (TPSA) is 61.3 Å². The van der Waals surface area contributed by atoms with Gasteiger partial charge in [0.25, 0.3) is 0 Å². The van der Waals surface area contributed by atoms with Crippen LogP contribution in [0.4, 0.5) is 0 Å². The number of hydrogen-bond acceptors (Lipinski definition) is 5. The predicted octanol–water partition coefficient (Wildman–Crippen LogP) is 3.02. The number of rotatable bonds is 3. The van der Waals surface area contributed by atoms with Crippen molar-refractivity contribution in [3.8, 4) is 11.6 Å². The number of aromatic nitrogens is 2. The van der Waals surface area contributed by atoms with E-state index < -0.39 is 5.97 Å². The van der Waals surface area contributed by atoms with E-state index in [1.54, 1.807) is 12.1 Å². The Bertz CT molecular complexity index is 599. The number of halogens is 1. The Balaban J connectivity index is 2.19. The Hall–Kier alpha value is -2.14. The molecule has 0 aliphatic rings. The van der Waals surface area contributed by atoms with E-state index in [-0.39, 0.29) is 11.6 Å². The molecule has 1 heterocycles. The summed E-state index contributed by atoms with van der Waals surface area (Å²) < 4.78 is 10.0. The Labute approximate surface area is 115 Å². The molecule has 0 bridgehead atoms. The van der Waals surface area contributed by atoms with Crippen molar-refractivity contribution in [2.45, 2.75) is 6.92 Å². The van der Waals surface area contributed by atoms with E-state index in [1.165, 1.54) is 19.5 Å². The average Bonchev–Trinajstić information content (AvgIpc) is 2.43. The number of nitrogens with zero attached hydrogens (tertiary/aromatic N) is 2. The highest BCUT2D eigenvalue weighted by Crippen LogP contribution is 2.28. The predicted molar refractivity (Wildman–Crippen MR) is 69.6 cm³/mol. The van der Waals surface area contributed by atoms with Gasteiger partial charge in [-0.1, -0.05) is 17.7 Å². The van der Waals surface area contributed by atoms with Crippen LogP contribution in [0.15, 0.2) is 30.6 Å². The van der Waals surface area contributed by atoms with Crippen LogP contribution >= 0.6 is 11.6 Å². The lowest BCUT2D eigenvalue weighted by atomic mass is 10.2. The molecule has 0 N–H and O–H groups in total. The van der Waals surface area contributed by atoms with Crippen molar-refractivity contribution in [2.24, 2.45) is 0 Å². The molecule has 0 unspecified atom stereocenters. The first-order valence-electron chi connectivity index (χ1n) is 5.44. The van der Waals surface area contributed by atoms with Gasteiger partial charge in [0.05, 0.1) is 24.5 Å². The lowest BCUT2D eigenvalue weighted by Gasteiger charge is -2.07. The Kier molecular flexibility index (Phi) is 3.97. The maximum Gasteiger partial charge on any atom is 0.358 e. The van der Waals surface area contributed by atoms with Crippen LogP contribution in [0.2, 0.25) is 5.02 Å². The van der Waals surface area contributed by atoms with Crippen molar-refractivity contribution in [1.82, 2.24) is 9.97 Å². The molecule has 0 fully saturated rings. The van der Waals surface area contributed by atoms with Crippen LogP contribution < -0.4 is 4.74 Å². The number of benzene rings is 1. The van der Waals surface area contributed by atoms with Gasteiger partial charge in [0, 0.05) is 0 Å². The van der Waals surface area contributed by atoms with E-state index in [0.29, 0.717) is 10.8 Å². The van der Waals surface area contributed by atoms with E-state index in [2.05, 4.69) is 14.7 Å². The molecule has 0 radical (unpaired) electrons. The van der Waals surface area contributed by atoms with Gasteiger partial charge in [-0.05, 0) is 24.6 Å². The highest BCUT2D eigenvalue weighted by atomic mass is 35.5. The molecule has 98 valence electrons. The minimum absolute atomic E-state index is 0.116. The van der Waals surface area contributed by atoms with Gasteiger partial charge < -0.3 is 9.47 Å². The molecular formula is C13H11ClN2O3. The van der Waals surface area contributed by atoms with Crippen molar-refractivity contribution < 1.29 is 14.3 Å². The number of methoxy groups -OCH3 is 1. The highest BCUT2D eigenvalue weighted by Gasteiger charge is 2.09. The Morgan fingerprint density at radius 2 is 2.05 bits per heavy atom. The quantitative estimate of drug-likeness (QED) is 0.808. The van der Waals surface area contributed by atoms with E-state index >= 15 is 0 Å². The Morgan fingerprint density at radius 1 is 1.26 bits per heavy atom. The summed E-state index contributed by atoms with van der Waals surface area (Å²) in [4.78, 5) is 19.1. The summed E-state index contributed by atoms with van der Waals surface area (Å²) in [7, 11) is 1.28. The zero-order chi connectivity index (χ0) is 13.8. The standard InChI is InChI=1S/C13H11ClN2O3/c1-8-3-4-9(14)11(5-8)19-12-7-15-10(6-16-12)13(17)18-2/h3-7H,1-2H3. The maximum absolute atomic E-state index is 11.2. The van der Waals surface area contributed by atoms with Crippen LogP contribution in [0.3, 0.4) is 0 Å². The molecule has 0 amide bonds. The first-order chi connectivity index (χ1) is 9.10. The van der Waals surface area contributed by atoms with Crippen LogP contribution in [-0.2, 0) is 4.74 Å². The van der Waals surface area contributed by atoms with Gasteiger partial charge in [-0.2, -0.15) is 0 Å². The lowest BCUT2D eigenvalue weighted by molar-refractivity contribution is 0.0593. The summed E-state index contributed by atoms with van der Waals surface area (Å²) in [6, 6.07) is 5.40. The van der Waals surface area contributed by atoms with Gasteiger partial charge in [0.2, 0.25) is 5.88 Å². The smallest absolute Gasteiger partial charge is 0.358 e. The van der Waals surface area contributed by atoms with Crippen LogP contribution in [0.25, 0.3) is 0 Å². The number of aryl methyl sites for hydroxylation is 1. The van der Waals surface area contributed by atoms with Gasteiger partial charge in [0.1, 0.15) is 5.75 Å². The maximum atomic E-state index is 11.2. The SMILES string of the molecule is COC(=O)c1cnc(Oc2cc(C)ccc2Cl)cn1. The molecule has 0 atom stereocenters. The molecule has 19 heavy (non-hydrogen) atoms. The monoisotopic (exact) mass is 278 g/mol. The van der Waals surface area contributed by atoms with Crippen molar-refractivity contribution in [3.05, 3.63) is 46.9 Å². The molecule has 2 aromatic rings. The average molecular weight is 279 g/mol. The molecule has 2 rings (SSSR count). The molecular weight excluding hydrogens is 268 g/mol. The minimum atomic E-state index is -0.548. The second kappa shape index (κ2) is 5.67. The number of carbonyl (C=O) groups is 1. The molecule has 0 saturated heterocycles. The number of ether oxygens (including phenoxy) is 2. The van der Waals surface area contributed by atoms with Crippen LogP contribution in [0.5, 0.6) is 11.6 Å². The normalized spacial score (nSPS) is 10.1. The highest BCUT2D eigenvalue weighted by molar-refractivity contribution is 6.32. The van der Waals surface area contributed by atoms with E-state index in [1.807, 2.05) is 13.0 Å². The van der Waals surface area contributed by atoms with Gasteiger partial charge in [-0.3, -0.25) is 0 Å². The molecule has 0 aliphatic carbocycles. The molecule has 0 saturated carbocycles. The first kappa shape index (κ1) is 13.3. The van der Waals surface area contributed by atoms with Crippen LogP contribution in [0.1, 0.15) is 16.1 Å². The van der Waals surface area contributed by atoms with Crippen LogP contribution in [-0.4, -0.2) is 23.0 Å². The second-order valence-corrected chi connectivity index (χ2v) is 4.17. The third kappa shape index (κ3) is 3.20. The molecule has 0 aliphatic heterocycles. The molecule has 0 spiro atoms. The molecule has 1 aromatic heterocycles. The number of esters is 1.